The van der Waals surface area contributed by atoms with Gasteiger partial charge >= 0.3 is 11.9 Å². The van der Waals surface area contributed by atoms with Gasteiger partial charge in [-0.3, -0.25) is 14.4 Å². The minimum atomic E-state index is -1.17. The van der Waals surface area contributed by atoms with Crippen LogP contribution in [0.15, 0.2) is 0 Å². The lowest BCUT2D eigenvalue weighted by molar-refractivity contribution is -0.142. The number of rotatable bonds is 11. The number of thiol groups is 1. The van der Waals surface area contributed by atoms with E-state index in [-0.39, 0.29) is 31.4 Å². The molecule has 6 N–H and O–H groups in total. The van der Waals surface area contributed by atoms with Crippen molar-refractivity contribution in [2.45, 2.75) is 50.7 Å². The number of carboxylic acid groups (broad SMARTS) is 2. The second-order valence-electron chi connectivity index (χ2n) is 4.94. The number of amides is 2. The Morgan fingerprint density at radius 3 is 2.09 bits per heavy atom. The molecule has 10 heteroatoms. The Kier molecular flexibility index (Phi) is 9.99. The van der Waals surface area contributed by atoms with Crippen molar-refractivity contribution in [3.05, 3.63) is 0 Å². The molecule has 0 heterocycles. The molecule has 0 aliphatic heterocycles. The van der Waals surface area contributed by atoms with Crippen LogP contribution in [0.3, 0.4) is 0 Å². The SMILES string of the molecule is CC[C@@H](NC(=O)[C@H](CS)NC(=O)[C@@H](N)CCCC(=O)O)C(=O)O. The molecule has 0 aromatic heterocycles. The van der Waals surface area contributed by atoms with Crippen LogP contribution in [0.25, 0.3) is 0 Å². The van der Waals surface area contributed by atoms with Crippen LogP contribution in [0, 0.1) is 0 Å². The van der Waals surface area contributed by atoms with Gasteiger partial charge in [0.2, 0.25) is 11.8 Å². The molecule has 0 aliphatic rings. The maximum Gasteiger partial charge on any atom is 0.326 e. The molecule has 0 unspecified atom stereocenters. The van der Waals surface area contributed by atoms with Crippen LogP contribution >= 0.6 is 12.6 Å². The molecule has 3 atom stereocenters. The fourth-order valence-electron chi connectivity index (χ4n) is 1.69. The average molecular weight is 349 g/mol. The fraction of sp³-hybridized carbons (Fsp3) is 0.692. The summed E-state index contributed by atoms with van der Waals surface area (Å²) >= 11 is 3.96. The first kappa shape index (κ1) is 21.2. The molecule has 23 heavy (non-hydrogen) atoms. The Balaban J connectivity index is 4.50. The van der Waals surface area contributed by atoms with Crippen molar-refractivity contribution in [1.82, 2.24) is 10.6 Å². The largest absolute Gasteiger partial charge is 0.481 e. The molecule has 2 amide bonds. The molecule has 9 nitrogen and oxygen atoms in total. The number of nitrogens with two attached hydrogens (primary N) is 1. The zero-order valence-electron chi connectivity index (χ0n) is 12.8. The molecular formula is C13H23N3O6S. The predicted molar refractivity (Wildman–Crippen MR) is 85.1 cm³/mol. The van der Waals surface area contributed by atoms with Crippen LogP contribution in [0.1, 0.15) is 32.6 Å². The van der Waals surface area contributed by atoms with Crippen LogP contribution < -0.4 is 16.4 Å². The summed E-state index contributed by atoms with van der Waals surface area (Å²) in [5.74, 6) is -3.47. The summed E-state index contributed by atoms with van der Waals surface area (Å²) in [6.07, 6.45) is 0.488. The topological polar surface area (TPSA) is 159 Å². The number of hydrogen-bond donors (Lipinski definition) is 6. The highest BCUT2D eigenvalue weighted by Gasteiger charge is 2.26. The summed E-state index contributed by atoms with van der Waals surface area (Å²) in [5, 5.41) is 22.1. The van der Waals surface area contributed by atoms with E-state index in [1.807, 2.05) is 0 Å². The third-order valence-electron chi connectivity index (χ3n) is 3.08. The molecule has 0 aromatic rings. The fourth-order valence-corrected chi connectivity index (χ4v) is 1.95. The number of carbonyl (C=O) groups excluding carboxylic acids is 2. The van der Waals surface area contributed by atoms with Gasteiger partial charge in [-0.1, -0.05) is 6.92 Å². The van der Waals surface area contributed by atoms with E-state index in [0.717, 1.165) is 0 Å². The van der Waals surface area contributed by atoms with Gasteiger partial charge in [0, 0.05) is 12.2 Å². The highest BCUT2D eigenvalue weighted by molar-refractivity contribution is 7.80. The zero-order valence-corrected chi connectivity index (χ0v) is 13.7. The van der Waals surface area contributed by atoms with Crippen molar-refractivity contribution in [2.75, 3.05) is 5.75 Å². The lowest BCUT2D eigenvalue weighted by Crippen LogP contribution is -2.55. The van der Waals surface area contributed by atoms with Gasteiger partial charge < -0.3 is 26.6 Å². The van der Waals surface area contributed by atoms with Crippen LogP contribution in [-0.2, 0) is 19.2 Å². The van der Waals surface area contributed by atoms with E-state index >= 15 is 0 Å². The van der Waals surface area contributed by atoms with Crippen molar-refractivity contribution < 1.29 is 29.4 Å². The van der Waals surface area contributed by atoms with Crippen LogP contribution in [-0.4, -0.2) is 57.8 Å². The van der Waals surface area contributed by atoms with Gasteiger partial charge in [-0.05, 0) is 19.3 Å². The molecule has 0 bridgehead atoms. The Hall–Kier alpha value is -1.81. The lowest BCUT2D eigenvalue weighted by atomic mass is 10.1. The van der Waals surface area contributed by atoms with Gasteiger partial charge in [0.25, 0.3) is 0 Å². The summed E-state index contributed by atoms with van der Waals surface area (Å²) in [6, 6.07) is -3.03. The molecule has 132 valence electrons. The molecule has 0 saturated heterocycles. The molecular weight excluding hydrogens is 326 g/mol. The van der Waals surface area contributed by atoms with Gasteiger partial charge in [0.1, 0.15) is 12.1 Å². The zero-order chi connectivity index (χ0) is 18.0. The summed E-state index contributed by atoms with van der Waals surface area (Å²) in [7, 11) is 0. The smallest absolute Gasteiger partial charge is 0.326 e. The van der Waals surface area contributed by atoms with E-state index in [1.54, 1.807) is 6.92 Å². The van der Waals surface area contributed by atoms with E-state index in [9.17, 15) is 19.2 Å². The second-order valence-corrected chi connectivity index (χ2v) is 5.31. The Morgan fingerprint density at radius 2 is 1.65 bits per heavy atom. The van der Waals surface area contributed by atoms with Crippen LogP contribution in [0.4, 0.5) is 0 Å². The van der Waals surface area contributed by atoms with Gasteiger partial charge in [-0.25, -0.2) is 4.79 Å². The van der Waals surface area contributed by atoms with Gasteiger partial charge in [-0.2, -0.15) is 12.6 Å². The minimum absolute atomic E-state index is 0.0323. The monoisotopic (exact) mass is 349 g/mol. The van der Waals surface area contributed by atoms with Crippen molar-refractivity contribution in [3.8, 4) is 0 Å². The van der Waals surface area contributed by atoms with E-state index in [1.165, 1.54) is 0 Å². The molecule has 0 aromatic carbocycles. The summed E-state index contributed by atoms with van der Waals surface area (Å²) in [4.78, 5) is 45.1. The van der Waals surface area contributed by atoms with Crippen LogP contribution in [0.2, 0.25) is 0 Å². The number of carboxylic acids is 2. The molecule has 0 radical (unpaired) electrons. The first-order valence-electron chi connectivity index (χ1n) is 7.14. The molecule has 0 spiro atoms. The maximum absolute atomic E-state index is 12.0. The Bertz CT molecular complexity index is 445. The van der Waals surface area contributed by atoms with Crippen molar-refractivity contribution in [2.24, 2.45) is 5.73 Å². The number of hydrogen-bond acceptors (Lipinski definition) is 6. The second kappa shape index (κ2) is 10.8. The first-order chi connectivity index (χ1) is 10.7. The summed E-state index contributed by atoms with van der Waals surface area (Å²) in [6.45, 7) is 1.60. The predicted octanol–water partition coefficient (Wildman–Crippen LogP) is -1.04. The van der Waals surface area contributed by atoms with E-state index < -0.39 is 41.9 Å². The quantitative estimate of drug-likeness (QED) is 0.260. The number of nitrogens with one attached hydrogen (secondary N) is 2. The number of carbonyl (C=O) groups is 4. The van der Waals surface area contributed by atoms with E-state index in [2.05, 4.69) is 23.3 Å². The third-order valence-corrected chi connectivity index (χ3v) is 3.45. The molecule has 0 saturated carbocycles. The number of aliphatic carboxylic acids is 2. The van der Waals surface area contributed by atoms with E-state index in [4.69, 9.17) is 15.9 Å². The molecule has 0 rings (SSSR count). The maximum atomic E-state index is 12.0. The normalized spacial score (nSPS) is 14.4. The van der Waals surface area contributed by atoms with Crippen LogP contribution in [0.5, 0.6) is 0 Å². The van der Waals surface area contributed by atoms with Gasteiger partial charge in [0.15, 0.2) is 0 Å². The molecule has 0 aliphatic carbocycles. The molecule has 0 fully saturated rings. The summed E-state index contributed by atoms with van der Waals surface area (Å²) < 4.78 is 0. The highest BCUT2D eigenvalue weighted by Crippen LogP contribution is 2.01. The average Bonchev–Trinajstić information content (AvgIpc) is 2.48. The Labute approximate surface area is 139 Å². The lowest BCUT2D eigenvalue weighted by Gasteiger charge is -2.21. The summed E-state index contributed by atoms with van der Waals surface area (Å²) in [5.41, 5.74) is 5.63. The minimum Gasteiger partial charge on any atom is -0.481 e. The third kappa shape index (κ3) is 8.41. The Morgan fingerprint density at radius 1 is 1.09 bits per heavy atom. The standard InChI is InChI=1S/C13H23N3O6S/c1-2-8(13(21)22)15-12(20)9(6-23)16-11(19)7(14)4-3-5-10(17)18/h7-9,23H,2-6,14H2,1H3,(H,15,20)(H,16,19)(H,17,18)(H,21,22)/t7-,8+,9-/m0/s1. The van der Waals surface area contributed by atoms with Gasteiger partial charge in [-0.15, -0.1) is 0 Å². The van der Waals surface area contributed by atoms with Gasteiger partial charge in [0.05, 0.1) is 6.04 Å². The van der Waals surface area contributed by atoms with Crippen molar-refractivity contribution >= 4 is 36.4 Å². The first-order valence-corrected chi connectivity index (χ1v) is 7.77. The highest BCUT2D eigenvalue weighted by atomic mass is 32.1. The van der Waals surface area contributed by atoms with Crippen molar-refractivity contribution in [1.29, 1.82) is 0 Å². The van der Waals surface area contributed by atoms with Crippen molar-refractivity contribution in [3.63, 3.8) is 0 Å². The van der Waals surface area contributed by atoms with E-state index in [0.29, 0.717) is 0 Å².